The first-order valence-electron chi connectivity index (χ1n) is 7.22. The molecule has 0 aromatic heterocycles. The van der Waals surface area contributed by atoms with Crippen molar-refractivity contribution in [3.05, 3.63) is 34.9 Å². The van der Waals surface area contributed by atoms with E-state index in [9.17, 15) is 0 Å². The van der Waals surface area contributed by atoms with E-state index in [1.807, 2.05) is 0 Å². The van der Waals surface area contributed by atoms with Crippen molar-refractivity contribution < 1.29 is 0 Å². The molecular weight excluding hydrogens is 220 g/mol. The molecule has 0 radical (unpaired) electrons. The van der Waals surface area contributed by atoms with Crippen LogP contribution in [0, 0.1) is 19.8 Å². The van der Waals surface area contributed by atoms with Gasteiger partial charge < -0.3 is 11.1 Å². The Morgan fingerprint density at radius 1 is 1.28 bits per heavy atom. The number of hydrogen-bond acceptors (Lipinski definition) is 2. The fourth-order valence-corrected chi connectivity index (χ4v) is 2.75. The van der Waals surface area contributed by atoms with Crippen LogP contribution in [0.15, 0.2) is 18.2 Å². The van der Waals surface area contributed by atoms with E-state index in [0.717, 1.165) is 12.5 Å². The van der Waals surface area contributed by atoms with Crippen LogP contribution in [0.2, 0.25) is 0 Å². The lowest BCUT2D eigenvalue weighted by Gasteiger charge is -2.21. The van der Waals surface area contributed by atoms with Crippen LogP contribution in [0.1, 0.15) is 48.4 Å². The molecule has 1 unspecified atom stereocenters. The molecule has 3 N–H and O–H groups in total. The highest BCUT2D eigenvalue weighted by molar-refractivity contribution is 5.36. The Morgan fingerprint density at radius 2 is 1.94 bits per heavy atom. The molecule has 1 aliphatic carbocycles. The van der Waals surface area contributed by atoms with Crippen molar-refractivity contribution in [2.24, 2.45) is 11.7 Å². The summed E-state index contributed by atoms with van der Waals surface area (Å²) in [5.74, 6) is 1.03. The van der Waals surface area contributed by atoms with Crippen molar-refractivity contribution in [1.29, 1.82) is 0 Å². The van der Waals surface area contributed by atoms with Crippen LogP contribution in [0.5, 0.6) is 0 Å². The predicted octanol–water partition coefficient (Wildman–Crippen LogP) is 3.08. The molecule has 0 amide bonds. The zero-order valence-corrected chi connectivity index (χ0v) is 11.7. The first kappa shape index (κ1) is 13.6. The Labute approximate surface area is 111 Å². The lowest BCUT2D eigenvalue weighted by Crippen LogP contribution is -2.30. The Kier molecular flexibility index (Phi) is 4.79. The average Bonchev–Trinajstić information content (AvgIpc) is 3.15. The predicted molar refractivity (Wildman–Crippen MR) is 77.7 cm³/mol. The number of nitrogens with two attached hydrogens (primary N) is 1. The lowest BCUT2D eigenvalue weighted by atomic mass is 9.96. The number of nitrogens with one attached hydrogen (secondary N) is 1. The van der Waals surface area contributed by atoms with Crippen molar-refractivity contribution in [2.75, 3.05) is 13.1 Å². The standard InChI is InChI=1S/C16H26N2/c1-12-5-3-6-13(2)16(12)15(11-17)18-10-4-7-14-8-9-14/h3,5-6,14-15,18H,4,7-11,17H2,1-2H3. The molecule has 0 heterocycles. The van der Waals surface area contributed by atoms with Gasteiger partial charge in [-0.1, -0.05) is 31.0 Å². The van der Waals surface area contributed by atoms with Crippen LogP contribution in [-0.2, 0) is 0 Å². The van der Waals surface area contributed by atoms with Gasteiger partial charge in [0, 0.05) is 12.6 Å². The van der Waals surface area contributed by atoms with Crippen molar-refractivity contribution in [2.45, 2.75) is 45.6 Å². The molecule has 0 saturated heterocycles. The summed E-state index contributed by atoms with van der Waals surface area (Å²) in [5, 5.41) is 3.63. The number of benzene rings is 1. The summed E-state index contributed by atoms with van der Waals surface area (Å²) in [6.45, 7) is 6.12. The molecule has 1 fully saturated rings. The van der Waals surface area contributed by atoms with E-state index in [4.69, 9.17) is 5.73 Å². The summed E-state index contributed by atoms with van der Waals surface area (Å²) in [6.07, 6.45) is 5.58. The molecule has 1 aromatic rings. The Balaban J connectivity index is 1.89. The maximum absolute atomic E-state index is 5.93. The van der Waals surface area contributed by atoms with E-state index in [1.165, 1.54) is 42.4 Å². The monoisotopic (exact) mass is 246 g/mol. The van der Waals surface area contributed by atoms with E-state index in [2.05, 4.69) is 37.4 Å². The first-order valence-corrected chi connectivity index (χ1v) is 7.22. The summed E-state index contributed by atoms with van der Waals surface area (Å²) >= 11 is 0. The van der Waals surface area contributed by atoms with Gasteiger partial charge in [-0.2, -0.15) is 0 Å². The van der Waals surface area contributed by atoms with Crippen molar-refractivity contribution in [3.8, 4) is 0 Å². The summed E-state index contributed by atoms with van der Waals surface area (Å²) < 4.78 is 0. The zero-order valence-electron chi connectivity index (χ0n) is 11.7. The van der Waals surface area contributed by atoms with Gasteiger partial charge in [-0.25, -0.2) is 0 Å². The first-order chi connectivity index (χ1) is 8.72. The van der Waals surface area contributed by atoms with Crippen LogP contribution < -0.4 is 11.1 Å². The Hall–Kier alpha value is -0.860. The van der Waals surface area contributed by atoms with Crippen LogP contribution in [0.3, 0.4) is 0 Å². The SMILES string of the molecule is Cc1cccc(C)c1C(CN)NCCCC1CC1. The van der Waals surface area contributed by atoms with Crippen LogP contribution in [0.4, 0.5) is 0 Å². The van der Waals surface area contributed by atoms with E-state index < -0.39 is 0 Å². The van der Waals surface area contributed by atoms with Crippen molar-refractivity contribution in [1.82, 2.24) is 5.32 Å². The summed E-state index contributed by atoms with van der Waals surface area (Å²) in [5.41, 5.74) is 10.0. The summed E-state index contributed by atoms with van der Waals surface area (Å²) in [7, 11) is 0. The van der Waals surface area contributed by atoms with Gasteiger partial charge in [0.2, 0.25) is 0 Å². The minimum atomic E-state index is 0.311. The van der Waals surface area contributed by atoms with Gasteiger partial charge in [0.1, 0.15) is 0 Å². The van der Waals surface area contributed by atoms with E-state index in [-0.39, 0.29) is 0 Å². The molecule has 1 aliphatic rings. The second-order valence-corrected chi connectivity index (χ2v) is 5.63. The van der Waals surface area contributed by atoms with Gasteiger partial charge >= 0.3 is 0 Å². The molecule has 0 spiro atoms. The molecule has 0 aliphatic heterocycles. The van der Waals surface area contributed by atoms with Gasteiger partial charge in [0.05, 0.1) is 0 Å². The Bertz CT molecular complexity index is 362. The van der Waals surface area contributed by atoms with Gasteiger partial charge in [-0.15, -0.1) is 0 Å². The normalized spacial score (nSPS) is 16.8. The zero-order chi connectivity index (χ0) is 13.0. The molecule has 100 valence electrons. The van der Waals surface area contributed by atoms with E-state index in [0.29, 0.717) is 12.6 Å². The number of aryl methyl sites for hydroxylation is 2. The summed E-state index contributed by atoms with van der Waals surface area (Å²) in [4.78, 5) is 0. The third-order valence-electron chi connectivity index (χ3n) is 4.00. The second-order valence-electron chi connectivity index (χ2n) is 5.63. The second kappa shape index (κ2) is 6.35. The highest BCUT2D eigenvalue weighted by atomic mass is 14.9. The molecule has 2 heteroatoms. The third kappa shape index (κ3) is 3.56. The third-order valence-corrected chi connectivity index (χ3v) is 4.00. The number of hydrogen-bond donors (Lipinski definition) is 2. The molecule has 1 saturated carbocycles. The highest BCUT2D eigenvalue weighted by Gasteiger charge is 2.20. The molecule has 0 bridgehead atoms. The van der Waals surface area contributed by atoms with Gasteiger partial charge in [-0.05, 0) is 55.8 Å². The van der Waals surface area contributed by atoms with Gasteiger partial charge in [0.15, 0.2) is 0 Å². The molecule has 2 rings (SSSR count). The average molecular weight is 246 g/mol. The maximum Gasteiger partial charge on any atom is 0.0449 e. The van der Waals surface area contributed by atoms with E-state index in [1.54, 1.807) is 0 Å². The Morgan fingerprint density at radius 3 is 2.50 bits per heavy atom. The summed E-state index contributed by atoms with van der Waals surface area (Å²) in [6, 6.07) is 6.79. The smallest absolute Gasteiger partial charge is 0.0449 e. The quantitative estimate of drug-likeness (QED) is 0.726. The molecule has 18 heavy (non-hydrogen) atoms. The fourth-order valence-electron chi connectivity index (χ4n) is 2.75. The minimum Gasteiger partial charge on any atom is -0.329 e. The number of rotatable bonds is 7. The molecular formula is C16H26N2. The lowest BCUT2D eigenvalue weighted by molar-refractivity contribution is 0.509. The molecule has 2 nitrogen and oxygen atoms in total. The van der Waals surface area contributed by atoms with Crippen molar-refractivity contribution in [3.63, 3.8) is 0 Å². The highest BCUT2D eigenvalue weighted by Crippen LogP contribution is 2.33. The maximum atomic E-state index is 5.93. The van der Waals surface area contributed by atoms with Crippen LogP contribution in [-0.4, -0.2) is 13.1 Å². The largest absolute Gasteiger partial charge is 0.329 e. The molecule has 1 atom stereocenters. The fraction of sp³-hybridized carbons (Fsp3) is 0.625. The van der Waals surface area contributed by atoms with Gasteiger partial charge in [-0.3, -0.25) is 0 Å². The topological polar surface area (TPSA) is 38.0 Å². The van der Waals surface area contributed by atoms with Crippen LogP contribution >= 0.6 is 0 Å². The van der Waals surface area contributed by atoms with Crippen LogP contribution in [0.25, 0.3) is 0 Å². The van der Waals surface area contributed by atoms with E-state index >= 15 is 0 Å². The molecule has 1 aromatic carbocycles. The van der Waals surface area contributed by atoms with Gasteiger partial charge in [0.25, 0.3) is 0 Å². The van der Waals surface area contributed by atoms with Crippen molar-refractivity contribution >= 4 is 0 Å². The minimum absolute atomic E-state index is 0.311.